The van der Waals surface area contributed by atoms with E-state index < -0.39 is 5.97 Å². The summed E-state index contributed by atoms with van der Waals surface area (Å²) in [4.78, 5) is 16.7. The zero-order valence-corrected chi connectivity index (χ0v) is 20.7. The quantitative estimate of drug-likeness (QED) is 0.250. The van der Waals surface area contributed by atoms with Crippen LogP contribution in [-0.4, -0.2) is 47.5 Å². The number of aromatic carboxylic acids is 1. The van der Waals surface area contributed by atoms with Crippen LogP contribution >= 0.6 is 0 Å². The number of aromatic nitrogens is 1. The second-order valence-electron chi connectivity index (χ2n) is 8.77. The van der Waals surface area contributed by atoms with E-state index in [9.17, 15) is 15.0 Å². The molecule has 1 heterocycles. The van der Waals surface area contributed by atoms with Gasteiger partial charge in [0.2, 0.25) is 0 Å². The van der Waals surface area contributed by atoms with E-state index in [0.29, 0.717) is 42.8 Å². The van der Waals surface area contributed by atoms with E-state index in [0.717, 1.165) is 23.3 Å². The Balaban J connectivity index is 1.45. The van der Waals surface area contributed by atoms with Gasteiger partial charge in [-0.2, -0.15) is 0 Å². The molecule has 0 radical (unpaired) electrons. The van der Waals surface area contributed by atoms with E-state index in [1.807, 2.05) is 60.7 Å². The van der Waals surface area contributed by atoms with Crippen molar-refractivity contribution in [2.75, 3.05) is 25.7 Å². The standard InChI is InChI=1S/C29H31N3O5/c1-36-19-22(16-20-6-5-7-23(33)12-10-20)31-32-28-18-26(29(34)35)25-17-21(11-13-27(25)30-28)14-15-37-24-8-3-2-4-9-24/h2-5,7-13,17-18,22,31,33H,6,14-16,19H2,1H3,(H,30,32)(H,34,35)/t22-/m0/s1. The highest BCUT2D eigenvalue weighted by atomic mass is 16.5. The molecule has 0 amide bonds. The van der Waals surface area contributed by atoms with Gasteiger partial charge in [-0.05, 0) is 60.9 Å². The van der Waals surface area contributed by atoms with Gasteiger partial charge in [0.15, 0.2) is 0 Å². The van der Waals surface area contributed by atoms with E-state index in [-0.39, 0.29) is 17.4 Å². The molecule has 1 aliphatic rings. The topological polar surface area (TPSA) is 113 Å². The van der Waals surface area contributed by atoms with E-state index in [1.165, 1.54) is 6.07 Å². The summed E-state index contributed by atoms with van der Waals surface area (Å²) in [5.41, 5.74) is 9.11. The average molecular weight is 502 g/mol. The Morgan fingerprint density at radius 3 is 2.76 bits per heavy atom. The predicted molar refractivity (Wildman–Crippen MR) is 144 cm³/mol. The number of aliphatic hydroxyl groups is 1. The van der Waals surface area contributed by atoms with Gasteiger partial charge in [-0.15, -0.1) is 0 Å². The fourth-order valence-corrected chi connectivity index (χ4v) is 4.13. The van der Waals surface area contributed by atoms with Crippen LogP contribution in [0.1, 0.15) is 28.8 Å². The van der Waals surface area contributed by atoms with E-state index in [4.69, 9.17) is 9.47 Å². The van der Waals surface area contributed by atoms with Crippen molar-refractivity contribution in [1.29, 1.82) is 0 Å². The normalized spacial score (nSPS) is 14.0. The van der Waals surface area contributed by atoms with Crippen LogP contribution in [0.4, 0.5) is 5.82 Å². The minimum Gasteiger partial charge on any atom is -0.508 e. The molecular formula is C29H31N3O5. The van der Waals surface area contributed by atoms with Crippen LogP contribution in [0.2, 0.25) is 0 Å². The number of rotatable bonds is 12. The molecule has 0 fully saturated rings. The van der Waals surface area contributed by atoms with Crippen LogP contribution < -0.4 is 15.6 Å². The third-order valence-electron chi connectivity index (χ3n) is 5.95. The number of nitrogens with one attached hydrogen (secondary N) is 2. The molecule has 0 bridgehead atoms. The molecule has 4 N–H and O–H groups in total. The highest BCUT2D eigenvalue weighted by molar-refractivity contribution is 6.03. The first-order chi connectivity index (χ1) is 18.0. The fraction of sp³-hybridized carbons (Fsp3) is 0.241. The van der Waals surface area contributed by atoms with Crippen molar-refractivity contribution >= 4 is 22.7 Å². The maximum Gasteiger partial charge on any atom is 0.336 e. The summed E-state index contributed by atoms with van der Waals surface area (Å²) in [7, 11) is 1.63. The number of carbonyl (C=O) groups is 1. The van der Waals surface area contributed by atoms with Crippen molar-refractivity contribution in [1.82, 2.24) is 10.4 Å². The molecule has 8 heteroatoms. The summed E-state index contributed by atoms with van der Waals surface area (Å²) in [6, 6.07) is 16.6. The van der Waals surface area contributed by atoms with E-state index in [1.54, 1.807) is 19.3 Å². The molecule has 2 aromatic carbocycles. The minimum absolute atomic E-state index is 0.101. The number of methoxy groups -OCH3 is 1. The molecule has 3 aromatic rings. The number of anilines is 1. The number of carboxylic acid groups (broad SMARTS) is 1. The monoisotopic (exact) mass is 501 g/mol. The summed E-state index contributed by atoms with van der Waals surface area (Å²) >= 11 is 0. The molecule has 1 aliphatic carbocycles. The smallest absolute Gasteiger partial charge is 0.336 e. The molecule has 0 unspecified atom stereocenters. The first-order valence-electron chi connectivity index (χ1n) is 12.1. The second kappa shape index (κ2) is 12.7. The molecule has 0 saturated heterocycles. The Hall–Kier alpha value is -4.14. The van der Waals surface area contributed by atoms with Crippen molar-refractivity contribution in [2.24, 2.45) is 0 Å². The van der Waals surface area contributed by atoms with Crippen molar-refractivity contribution in [3.63, 3.8) is 0 Å². The van der Waals surface area contributed by atoms with Gasteiger partial charge in [-0.1, -0.05) is 42.0 Å². The van der Waals surface area contributed by atoms with E-state index >= 15 is 0 Å². The number of carboxylic acids is 1. The zero-order chi connectivity index (χ0) is 26.0. The van der Waals surface area contributed by atoms with Gasteiger partial charge in [-0.3, -0.25) is 0 Å². The molecule has 0 saturated carbocycles. The minimum atomic E-state index is -1.02. The number of nitrogens with zero attached hydrogens (tertiary/aromatic N) is 1. The molecule has 1 atom stereocenters. The van der Waals surface area contributed by atoms with Gasteiger partial charge >= 0.3 is 5.97 Å². The number of hydrogen-bond acceptors (Lipinski definition) is 7. The van der Waals surface area contributed by atoms with Gasteiger partial charge in [0.25, 0.3) is 0 Å². The lowest BCUT2D eigenvalue weighted by Gasteiger charge is -2.20. The number of fused-ring (bicyclic) bond motifs is 1. The lowest BCUT2D eigenvalue weighted by atomic mass is 10.0. The van der Waals surface area contributed by atoms with Gasteiger partial charge < -0.3 is 25.1 Å². The molecule has 0 spiro atoms. The van der Waals surface area contributed by atoms with E-state index in [2.05, 4.69) is 15.8 Å². The fourth-order valence-electron chi connectivity index (χ4n) is 4.13. The van der Waals surface area contributed by atoms with Crippen LogP contribution in [0.5, 0.6) is 5.75 Å². The number of aliphatic hydroxyl groups excluding tert-OH is 1. The molecule has 1 aromatic heterocycles. The zero-order valence-electron chi connectivity index (χ0n) is 20.7. The number of allylic oxidation sites excluding steroid dienone is 4. The van der Waals surface area contributed by atoms with Crippen molar-refractivity contribution in [3.05, 3.63) is 101 Å². The molecule has 0 aliphatic heterocycles. The number of para-hydroxylation sites is 1. The van der Waals surface area contributed by atoms with Crippen LogP contribution in [0.3, 0.4) is 0 Å². The Labute approximate surface area is 215 Å². The highest BCUT2D eigenvalue weighted by Crippen LogP contribution is 2.23. The Morgan fingerprint density at radius 1 is 1.14 bits per heavy atom. The SMILES string of the molecule is COC[C@H](CC1=CC=C(O)C=CC1)NNc1cc(C(=O)O)c2cc(CCOc3ccccc3)ccc2n1. The summed E-state index contributed by atoms with van der Waals surface area (Å²) in [5.74, 6) is 0.396. The third-order valence-corrected chi connectivity index (χ3v) is 5.95. The Kier molecular flexibility index (Phi) is 8.91. The molecule has 37 heavy (non-hydrogen) atoms. The number of benzene rings is 2. The van der Waals surface area contributed by atoms with Crippen LogP contribution in [-0.2, 0) is 11.2 Å². The lowest BCUT2D eigenvalue weighted by molar-refractivity contribution is 0.0699. The Morgan fingerprint density at radius 2 is 1.97 bits per heavy atom. The van der Waals surface area contributed by atoms with Gasteiger partial charge in [0.05, 0.1) is 30.3 Å². The van der Waals surface area contributed by atoms with Crippen LogP contribution in [0.15, 0.2) is 90.2 Å². The predicted octanol–water partition coefficient (Wildman–Crippen LogP) is 5.20. The maximum atomic E-state index is 12.1. The van der Waals surface area contributed by atoms with Crippen LogP contribution in [0, 0.1) is 0 Å². The molecule has 192 valence electrons. The molecule has 4 rings (SSSR count). The number of hydrazine groups is 1. The molecular weight excluding hydrogens is 470 g/mol. The summed E-state index contributed by atoms with van der Waals surface area (Å²) < 4.78 is 11.1. The average Bonchev–Trinajstić information content (AvgIpc) is 3.11. The summed E-state index contributed by atoms with van der Waals surface area (Å²) in [6.07, 6.45) is 9.19. The van der Waals surface area contributed by atoms with Crippen molar-refractivity contribution < 1.29 is 24.5 Å². The first kappa shape index (κ1) is 25.9. The highest BCUT2D eigenvalue weighted by Gasteiger charge is 2.15. The third kappa shape index (κ3) is 7.42. The number of hydrogen-bond donors (Lipinski definition) is 4. The van der Waals surface area contributed by atoms with Gasteiger partial charge in [0.1, 0.15) is 17.3 Å². The van der Waals surface area contributed by atoms with Gasteiger partial charge in [-0.25, -0.2) is 15.2 Å². The second-order valence-corrected chi connectivity index (χ2v) is 8.77. The largest absolute Gasteiger partial charge is 0.508 e. The first-order valence-corrected chi connectivity index (χ1v) is 12.1. The van der Waals surface area contributed by atoms with Crippen molar-refractivity contribution in [3.8, 4) is 5.75 Å². The maximum absolute atomic E-state index is 12.1. The summed E-state index contributed by atoms with van der Waals surface area (Å²) in [6.45, 7) is 0.912. The number of pyridine rings is 1. The Bertz CT molecular complexity index is 1320. The van der Waals surface area contributed by atoms with Crippen molar-refractivity contribution in [2.45, 2.75) is 25.3 Å². The van der Waals surface area contributed by atoms with Crippen LogP contribution in [0.25, 0.3) is 10.9 Å². The summed E-state index contributed by atoms with van der Waals surface area (Å²) in [5, 5.41) is 20.1. The number of ether oxygens (including phenoxy) is 2. The molecule has 8 nitrogen and oxygen atoms in total. The van der Waals surface area contributed by atoms with Gasteiger partial charge in [0, 0.05) is 18.9 Å². The lowest BCUT2D eigenvalue weighted by Crippen LogP contribution is -2.38.